The van der Waals surface area contributed by atoms with Crippen LogP contribution in [0.4, 0.5) is 4.39 Å². The summed E-state index contributed by atoms with van der Waals surface area (Å²) >= 11 is 0. The molecule has 0 atom stereocenters. The van der Waals surface area contributed by atoms with E-state index in [0.717, 1.165) is 5.76 Å². The Morgan fingerprint density at radius 1 is 1.20 bits per heavy atom. The van der Waals surface area contributed by atoms with E-state index in [1.54, 1.807) is 25.1 Å². The zero-order chi connectivity index (χ0) is 17.8. The Balaban J connectivity index is 1.57. The highest BCUT2D eigenvalue weighted by Gasteiger charge is 2.15. The van der Waals surface area contributed by atoms with Gasteiger partial charge in [-0.3, -0.25) is 0 Å². The van der Waals surface area contributed by atoms with Crippen molar-refractivity contribution < 1.29 is 22.8 Å². The zero-order valence-electron chi connectivity index (χ0n) is 13.7. The van der Waals surface area contributed by atoms with Crippen LogP contribution >= 0.6 is 0 Å². The van der Waals surface area contributed by atoms with Crippen LogP contribution < -0.4 is 0 Å². The third-order valence-corrected chi connectivity index (χ3v) is 3.36. The van der Waals surface area contributed by atoms with E-state index >= 15 is 0 Å². The molecule has 0 saturated carbocycles. The van der Waals surface area contributed by atoms with Gasteiger partial charge in [0.2, 0.25) is 0 Å². The highest BCUT2D eigenvalue weighted by molar-refractivity contribution is 5.86. The zero-order valence-corrected chi connectivity index (χ0v) is 13.7. The fourth-order valence-electron chi connectivity index (χ4n) is 2.18. The Morgan fingerprint density at radius 2 is 1.96 bits per heavy atom. The molecule has 0 fully saturated rings. The van der Waals surface area contributed by atoms with Crippen molar-refractivity contribution in [3.05, 3.63) is 65.2 Å². The first-order valence-corrected chi connectivity index (χ1v) is 7.51. The van der Waals surface area contributed by atoms with Crippen LogP contribution in [0.5, 0.6) is 0 Å². The molecule has 0 unspecified atom stereocenters. The van der Waals surface area contributed by atoms with Crippen LogP contribution in [0.15, 0.2) is 45.2 Å². The molecule has 7 heteroatoms. The number of carbonyl (C=O) groups excluding carboxylic acids is 1. The number of halogens is 1. The van der Waals surface area contributed by atoms with Crippen molar-refractivity contribution in [2.75, 3.05) is 0 Å². The van der Waals surface area contributed by atoms with Crippen LogP contribution in [0.1, 0.15) is 23.0 Å². The minimum absolute atomic E-state index is 0.143. The molecule has 0 aliphatic rings. The second-order valence-corrected chi connectivity index (χ2v) is 5.32. The molecule has 3 rings (SSSR count). The molecular formula is C18H15FN2O4. The van der Waals surface area contributed by atoms with E-state index < -0.39 is 5.97 Å². The Labute approximate surface area is 142 Å². The SMILES string of the molecule is Cc1cc(-c2nnc(COC(=O)/C=C/c3ccc(F)cc3)o2)c(C)o1. The minimum atomic E-state index is -0.570. The van der Waals surface area contributed by atoms with E-state index in [-0.39, 0.29) is 18.3 Å². The van der Waals surface area contributed by atoms with Gasteiger partial charge in [0.1, 0.15) is 17.3 Å². The quantitative estimate of drug-likeness (QED) is 0.518. The number of benzene rings is 1. The van der Waals surface area contributed by atoms with Crippen LogP contribution in [0.3, 0.4) is 0 Å². The molecule has 1 aromatic carbocycles. The topological polar surface area (TPSA) is 78.4 Å². The number of hydrogen-bond acceptors (Lipinski definition) is 6. The number of aryl methyl sites for hydroxylation is 2. The van der Waals surface area contributed by atoms with Crippen molar-refractivity contribution in [1.29, 1.82) is 0 Å². The molecule has 25 heavy (non-hydrogen) atoms. The molecule has 0 aliphatic carbocycles. The van der Waals surface area contributed by atoms with Crippen LogP contribution in [0.25, 0.3) is 17.5 Å². The van der Waals surface area contributed by atoms with Gasteiger partial charge >= 0.3 is 5.97 Å². The fraction of sp³-hybridized carbons (Fsp3) is 0.167. The van der Waals surface area contributed by atoms with Gasteiger partial charge in [-0.05, 0) is 43.7 Å². The smallest absolute Gasteiger partial charge is 0.331 e. The van der Waals surface area contributed by atoms with Crippen molar-refractivity contribution in [2.45, 2.75) is 20.5 Å². The van der Waals surface area contributed by atoms with E-state index in [1.165, 1.54) is 24.3 Å². The van der Waals surface area contributed by atoms with Crippen LogP contribution in [-0.2, 0) is 16.1 Å². The van der Waals surface area contributed by atoms with Gasteiger partial charge in [-0.2, -0.15) is 0 Å². The van der Waals surface area contributed by atoms with E-state index in [4.69, 9.17) is 13.6 Å². The van der Waals surface area contributed by atoms with Crippen molar-refractivity contribution in [2.24, 2.45) is 0 Å². The lowest BCUT2D eigenvalue weighted by Gasteiger charge is -1.97. The molecule has 2 heterocycles. The van der Waals surface area contributed by atoms with Crippen molar-refractivity contribution in [3.63, 3.8) is 0 Å². The predicted octanol–water partition coefficient (Wildman–Crippen LogP) is 3.84. The van der Waals surface area contributed by atoms with Gasteiger partial charge < -0.3 is 13.6 Å². The Morgan fingerprint density at radius 3 is 2.64 bits per heavy atom. The lowest BCUT2D eigenvalue weighted by Crippen LogP contribution is -2.00. The van der Waals surface area contributed by atoms with Gasteiger partial charge in [0.25, 0.3) is 11.8 Å². The second kappa shape index (κ2) is 7.12. The highest BCUT2D eigenvalue weighted by atomic mass is 19.1. The molecule has 6 nitrogen and oxygen atoms in total. The number of furan rings is 1. The minimum Gasteiger partial charge on any atom is -0.466 e. The molecule has 2 aromatic heterocycles. The Kier molecular flexibility index (Phi) is 4.74. The summed E-state index contributed by atoms with van der Waals surface area (Å²) in [6, 6.07) is 7.52. The molecule has 0 amide bonds. The van der Waals surface area contributed by atoms with Gasteiger partial charge in [-0.25, -0.2) is 9.18 Å². The number of rotatable bonds is 5. The number of carbonyl (C=O) groups is 1. The average molecular weight is 342 g/mol. The lowest BCUT2D eigenvalue weighted by molar-refractivity contribution is -0.139. The summed E-state index contributed by atoms with van der Waals surface area (Å²) in [7, 11) is 0. The Bertz CT molecular complexity index is 910. The molecule has 0 spiro atoms. The monoisotopic (exact) mass is 342 g/mol. The number of esters is 1. The molecule has 128 valence electrons. The van der Waals surface area contributed by atoms with E-state index in [2.05, 4.69) is 10.2 Å². The summed E-state index contributed by atoms with van der Waals surface area (Å²) in [6.45, 7) is 3.48. The molecular weight excluding hydrogens is 327 g/mol. The van der Waals surface area contributed by atoms with Gasteiger partial charge in [-0.15, -0.1) is 10.2 Å². The van der Waals surface area contributed by atoms with Gasteiger partial charge in [0.15, 0.2) is 6.61 Å². The Hall–Kier alpha value is -3.22. The third kappa shape index (κ3) is 4.20. The third-order valence-electron chi connectivity index (χ3n) is 3.36. The predicted molar refractivity (Wildman–Crippen MR) is 86.7 cm³/mol. The number of nitrogens with zero attached hydrogens (tertiary/aromatic N) is 2. The first kappa shape index (κ1) is 16.6. The average Bonchev–Trinajstić information content (AvgIpc) is 3.18. The lowest BCUT2D eigenvalue weighted by atomic mass is 10.2. The largest absolute Gasteiger partial charge is 0.466 e. The second-order valence-electron chi connectivity index (χ2n) is 5.32. The highest BCUT2D eigenvalue weighted by Crippen LogP contribution is 2.25. The number of hydrogen-bond donors (Lipinski definition) is 0. The van der Waals surface area contributed by atoms with Crippen molar-refractivity contribution >= 4 is 12.0 Å². The molecule has 0 saturated heterocycles. The summed E-state index contributed by atoms with van der Waals surface area (Å²) < 4.78 is 28.7. The van der Waals surface area contributed by atoms with Gasteiger partial charge in [0.05, 0.1) is 5.56 Å². The summed E-state index contributed by atoms with van der Waals surface area (Å²) in [5.41, 5.74) is 1.39. The first-order chi connectivity index (χ1) is 12.0. The molecule has 0 aliphatic heterocycles. The standard InChI is InChI=1S/C18H15FN2O4/c1-11-9-15(12(2)24-11)18-21-20-16(25-18)10-23-17(22)8-5-13-3-6-14(19)7-4-13/h3-9H,10H2,1-2H3/b8-5+. The maximum absolute atomic E-state index is 12.8. The van der Waals surface area contributed by atoms with E-state index in [0.29, 0.717) is 22.8 Å². The summed E-state index contributed by atoms with van der Waals surface area (Å²) in [5.74, 6) is 0.991. The summed E-state index contributed by atoms with van der Waals surface area (Å²) in [5, 5.41) is 7.76. The van der Waals surface area contributed by atoms with Crippen molar-refractivity contribution in [3.8, 4) is 11.5 Å². The normalized spacial score (nSPS) is 11.2. The van der Waals surface area contributed by atoms with Gasteiger partial charge in [0, 0.05) is 6.08 Å². The number of ether oxygens (including phenoxy) is 1. The molecule has 0 N–H and O–H groups in total. The number of aromatic nitrogens is 2. The van der Waals surface area contributed by atoms with E-state index in [9.17, 15) is 9.18 Å². The maximum atomic E-state index is 12.8. The first-order valence-electron chi connectivity index (χ1n) is 7.51. The van der Waals surface area contributed by atoms with E-state index in [1.807, 2.05) is 6.92 Å². The molecule has 3 aromatic rings. The molecule has 0 bridgehead atoms. The fourth-order valence-corrected chi connectivity index (χ4v) is 2.18. The van der Waals surface area contributed by atoms with Crippen LogP contribution in [0, 0.1) is 19.7 Å². The van der Waals surface area contributed by atoms with Crippen LogP contribution in [-0.4, -0.2) is 16.2 Å². The van der Waals surface area contributed by atoms with Crippen molar-refractivity contribution in [1.82, 2.24) is 10.2 Å². The maximum Gasteiger partial charge on any atom is 0.331 e. The van der Waals surface area contributed by atoms with Gasteiger partial charge in [-0.1, -0.05) is 12.1 Å². The summed E-state index contributed by atoms with van der Waals surface area (Å²) in [6.07, 6.45) is 2.77. The van der Waals surface area contributed by atoms with Crippen LogP contribution in [0.2, 0.25) is 0 Å². The summed E-state index contributed by atoms with van der Waals surface area (Å²) in [4.78, 5) is 11.7. The molecule has 0 radical (unpaired) electrons.